The normalized spacial score (nSPS) is 20.0. The van der Waals surface area contributed by atoms with Crippen molar-refractivity contribution in [2.75, 3.05) is 13.2 Å². The second kappa shape index (κ2) is 5.83. The minimum atomic E-state index is -0.699. The third-order valence-corrected chi connectivity index (χ3v) is 3.04. The molecule has 1 rings (SSSR count). The molecule has 0 aliphatic heterocycles. The van der Waals surface area contributed by atoms with Crippen molar-refractivity contribution in [1.82, 2.24) is 5.32 Å². The van der Waals surface area contributed by atoms with Gasteiger partial charge in [0.25, 0.3) is 0 Å². The van der Waals surface area contributed by atoms with Gasteiger partial charge in [0.2, 0.25) is 5.91 Å². The molecule has 0 saturated heterocycles. The van der Waals surface area contributed by atoms with E-state index in [-0.39, 0.29) is 18.1 Å². The maximum atomic E-state index is 11.5. The van der Waals surface area contributed by atoms with Crippen molar-refractivity contribution in [1.29, 1.82) is 0 Å². The molecule has 2 N–H and O–H groups in total. The van der Waals surface area contributed by atoms with Crippen molar-refractivity contribution < 1.29 is 14.6 Å². The van der Waals surface area contributed by atoms with Crippen LogP contribution in [0.15, 0.2) is 0 Å². The van der Waals surface area contributed by atoms with Gasteiger partial charge in [-0.2, -0.15) is 0 Å². The number of nitrogens with one attached hydrogen (secondary N) is 1. The summed E-state index contributed by atoms with van der Waals surface area (Å²) in [4.78, 5) is 11.5. The van der Waals surface area contributed by atoms with E-state index in [1.54, 1.807) is 0 Å². The largest absolute Gasteiger partial charge is 0.388 e. The number of hydrogen-bond donors (Lipinski definition) is 2. The fourth-order valence-electron chi connectivity index (χ4n) is 1.98. The Kier molecular flexibility index (Phi) is 4.95. The van der Waals surface area contributed by atoms with Crippen LogP contribution < -0.4 is 5.32 Å². The highest BCUT2D eigenvalue weighted by Crippen LogP contribution is 2.27. The monoisotopic (exact) mass is 243 g/mol. The highest BCUT2D eigenvalue weighted by atomic mass is 16.5. The van der Waals surface area contributed by atoms with Crippen LogP contribution in [0.2, 0.25) is 0 Å². The Bertz CT molecular complexity index is 252. The van der Waals surface area contributed by atoms with Crippen LogP contribution in [0.5, 0.6) is 0 Å². The zero-order valence-electron chi connectivity index (χ0n) is 11.2. The number of amides is 1. The fraction of sp³-hybridized carbons (Fsp3) is 0.923. The second-order valence-electron chi connectivity index (χ2n) is 5.96. The van der Waals surface area contributed by atoms with Crippen molar-refractivity contribution in [3.8, 4) is 0 Å². The Balaban J connectivity index is 2.23. The average molecular weight is 243 g/mol. The van der Waals surface area contributed by atoms with Crippen LogP contribution in [-0.2, 0) is 9.53 Å². The van der Waals surface area contributed by atoms with Crippen molar-refractivity contribution in [2.45, 2.75) is 64.1 Å². The molecule has 0 aromatic heterocycles. The van der Waals surface area contributed by atoms with Crippen molar-refractivity contribution >= 4 is 5.91 Å². The first-order valence-corrected chi connectivity index (χ1v) is 6.44. The third kappa shape index (κ3) is 6.03. The molecular weight excluding hydrogens is 218 g/mol. The number of aliphatic hydroxyl groups is 1. The lowest BCUT2D eigenvalue weighted by atomic mass is 9.85. The predicted octanol–water partition coefficient (Wildman–Crippen LogP) is 1.61. The van der Waals surface area contributed by atoms with E-state index in [2.05, 4.69) is 5.32 Å². The number of hydrogen-bond acceptors (Lipinski definition) is 3. The smallest absolute Gasteiger partial charge is 0.246 e. The van der Waals surface area contributed by atoms with Gasteiger partial charge in [-0.3, -0.25) is 4.79 Å². The molecule has 1 aliphatic carbocycles. The molecule has 1 amide bonds. The lowest BCUT2D eigenvalue weighted by Gasteiger charge is -2.32. The van der Waals surface area contributed by atoms with Crippen molar-refractivity contribution in [3.05, 3.63) is 0 Å². The van der Waals surface area contributed by atoms with Gasteiger partial charge in [0.15, 0.2) is 0 Å². The summed E-state index contributed by atoms with van der Waals surface area (Å²) in [6.45, 7) is 6.14. The summed E-state index contributed by atoms with van der Waals surface area (Å²) in [7, 11) is 0. The zero-order chi connectivity index (χ0) is 12.9. The van der Waals surface area contributed by atoms with Crippen LogP contribution in [0.1, 0.15) is 52.9 Å². The Morgan fingerprint density at radius 1 is 1.29 bits per heavy atom. The van der Waals surface area contributed by atoms with Crippen molar-refractivity contribution in [3.63, 3.8) is 0 Å². The predicted molar refractivity (Wildman–Crippen MR) is 66.7 cm³/mol. The first kappa shape index (κ1) is 14.5. The zero-order valence-corrected chi connectivity index (χ0v) is 11.2. The van der Waals surface area contributed by atoms with E-state index in [0.29, 0.717) is 6.54 Å². The van der Waals surface area contributed by atoms with Gasteiger partial charge in [-0.05, 0) is 33.6 Å². The SMILES string of the molecule is CC(C)(C)OCC(=O)NCC1(O)CCCCC1. The molecule has 17 heavy (non-hydrogen) atoms. The molecule has 0 aromatic rings. The maximum Gasteiger partial charge on any atom is 0.246 e. The second-order valence-corrected chi connectivity index (χ2v) is 5.96. The van der Waals surface area contributed by atoms with Crippen LogP contribution in [0, 0.1) is 0 Å². The minimum Gasteiger partial charge on any atom is -0.388 e. The fourth-order valence-corrected chi connectivity index (χ4v) is 1.98. The highest BCUT2D eigenvalue weighted by Gasteiger charge is 2.29. The van der Waals surface area contributed by atoms with Gasteiger partial charge >= 0.3 is 0 Å². The third-order valence-electron chi connectivity index (χ3n) is 3.04. The summed E-state index contributed by atoms with van der Waals surface area (Å²) in [6, 6.07) is 0. The summed E-state index contributed by atoms with van der Waals surface area (Å²) < 4.78 is 5.37. The quantitative estimate of drug-likeness (QED) is 0.788. The lowest BCUT2D eigenvalue weighted by molar-refractivity contribution is -0.132. The molecule has 1 aliphatic rings. The molecule has 0 bridgehead atoms. The molecule has 0 radical (unpaired) electrons. The van der Waals surface area contributed by atoms with E-state index < -0.39 is 5.60 Å². The molecule has 4 nitrogen and oxygen atoms in total. The first-order valence-electron chi connectivity index (χ1n) is 6.44. The van der Waals surface area contributed by atoms with E-state index in [1.807, 2.05) is 20.8 Å². The Labute approximate surface area is 104 Å². The lowest BCUT2D eigenvalue weighted by Crippen LogP contribution is -2.45. The number of ether oxygens (including phenoxy) is 1. The molecule has 0 heterocycles. The van der Waals surface area contributed by atoms with Gasteiger partial charge < -0.3 is 15.2 Å². The molecule has 0 spiro atoms. The summed E-state index contributed by atoms with van der Waals surface area (Å²) in [5.74, 6) is -0.154. The molecule has 4 heteroatoms. The summed E-state index contributed by atoms with van der Waals surface area (Å²) in [5.41, 5.74) is -1.01. The van der Waals surface area contributed by atoms with Crippen LogP contribution >= 0.6 is 0 Å². The first-order chi connectivity index (χ1) is 7.81. The molecule has 0 unspecified atom stereocenters. The van der Waals surface area contributed by atoms with E-state index in [1.165, 1.54) is 6.42 Å². The van der Waals surface area contributed by atoms with Gasteiger partial charge in [0, 0.05) is 6.54 Å². The molecule has 0 aromatic carbocycles. The Hall–Kier alpha value is -0.610. The maximum absolute atomic E-state index is 11.5. The van der Waals surface area contributed by atoms with E-state index in [0.717, 1.165) is 25.7 Å². The van der Waals surface area contributed by atoms with Crippen molar-refractivity contribution in [2.24, 2.45) is 0 Å². The van der Waals surface area contributed by atoms with Gasteiger partial charge in [0.05, 0.1) is 11.2 Å². The van der Waals surface area contributed by atoms with E-state index in [4.69, 9.17) is 4.74 Å². The minimum absolute atomic E-state index is 0.0551. The topological polar surface area (TPSA) is 58.6 Å². The average Bonchev–Trinajstić information content (AvgIpc) is 2.24. The van der Waals surface area contributed by atoms with Gasteiger partial charge in [-0.25, -0.2) is 0 Å². The Morgan fingerprint density at radius 3 is 2.41 bits per heavy atom. The van der Waals surface area contributed by atoms with Gasteiger partial charge in [-0.1, -0.05) is 19.3 Å². The number of carbonyl (C=O) groups is 1. The highest BCUT2D eigenvalue weighted by molar-refractivity contribution is 5.77. The number of carbonyl (C=O) groups excluding carboxylic acids is 1. The molecule has 100 valence electrons. The van der Waals surface area contributed by atoms with E-state index in [9.17, 15) is 9.90 Å². The molecule has 0 atom stereocenters. The molecule has 1 saturated carbocycles. The van der Waals surface area contributed by atoms with Gasteiger partial charge in [0.1, 0.15) is 6.61 Å². The van der Waals surface area contributed by atoms with Crippen LogP contribution in [0.3, 0.4) is 0 Å². The summed E-state index contributed by atoms with van der Waals surface area (Å²) in [5, 5.41) is 12.9. The van der Waals surface area contributed by atoms with Crippen LogP contribution in [0.4, 0.5) is 0 Å². The van der Waals surface area contributed by atoms with Crippen LogP contribution in [-0.4, -0.2) is 35.4 Å². The summed E-state index contributed by atoms with van der Waals surface area (Å²) in [6.07, 6.45) is 4.85. The van der Waals surface area contributed by atoms with E-state index >= 15 is 0 Å². The molecule has 1 fully saturated rings. The standard InChI is InChI=1S/C13H25NO3/c1-12(2,3)17-9-11(15)14-10-13(16)7-5-4-6-8-13/h16H,4-10H2,1-3H3,(H,14,15). The van der Waals surface area contributed by atoms with Crippen LogP contribution in [0.25, 0.3) is 0 Å². The Morgan fingerprint density at radius 2 is 1.88 bits per heavy atom. The van der Waals surface area contributed by atoms with Gasteiger partial charge in [-0.15, -0.1) is 0 Å². The number of rotatable bonds is 4. The molecular formula is C13H25NO3. The summed E-state index contributed by atoms with van der Waals surface area (Å²) >= 11 is 0.